The van der Waals surface area contributed by atoms with E-state index in [4.69, 9.17) is 4.74 Å². The van der Waals surface area contributed by atoms with Crippen molar-refractivity contribution < 1.29 is 4.74 Å². The average Bonchev–Trinajstić information content (AvgIpc) is 3.01. The smallest absolute Gasteiger partial charge is 0.186 e. The summed E-state index contributed by atoms with van der Waals surface area (Å²) in [5, 5.41) is 7.82. The molecule has 1 saturated heterocycles. The molecular weight excluding hydrogens is 224 g/mol. The second-order valence-electron chi connectivity index (χ2n) is 3.59. The standard InChI is InChI=1S/C10H12N4OS/c1-3-15-4-2-14(1)10-11-7-9(16-10)8-5-12-13-6-8/h5-7H,1-4H2,(H,12,13). The summed E-state index contributed by atoms with van der Waals surface area (Å²) in [5.74, 6) is 0. The molecule has 0 spiro atoms. The van der Waals surface area contributed by atoms with Gasteiger partial charge in [-0.15, -0.1) is 0 Å². The number of anilines is 1. The van der Waals surface area contributed by atoms with Crippen LogP contribution in [0.1, 0.15) is 0 Å². The molecule has 0 bridgehead atoms. The van der Waals surface area contributed by atoms with E-state index in [1.807, 2.05) is 18.6 Å². The quantitative estimate of drug-likeness (QED) is 0.855. The van der Waals surface area contributed by atoms with Gasteiger partial charge in [0.05, 0.1) is 24.3 Å². The van der Waals surface area contributed by atoms with Gasteiger partial charge in [0.1, 0.15) is 0 Å². The van der Waals surface area contributed by atoms with Crippen LogP contribution in [-0.4, -0.2) is 41.5 Å². The van der Waals surface area contributed by atoms with Crippen LogP contribution in [0, 0.1) is 0 Å². The van der Waals surface area contributed by atoms with Crippen molar-refractivity contribution >= 4 is 16.5 Å². The van der Waals surface area contributed by atoms with E-state index in [0.717, 1.165) is 41.9 Å². The van der Waals surface area contributed by atoms with Crippen molar-refractivity contribution in [1.82, 2.24) is 15.2 Å². The predicted octanol–water partition coefficient (Wildman–Crippen LogP) is 1.37. The fourth-order valence-electron chi connectivity index (χ4n) is 1.68. The zero-order valence-corrected chi connectivity index (χ0v) is 9.54. The average molecular weight is 236 g/mol. The minimum absolute atomic E-state index is 0.792. The monoisotopic (exact) mass is 236 g/mol. The van der Waals surface area contributed by atoms with Gasteiger partial charge in [0.2, 0.25) is 0 Å². The lowest BCUT2D eigenvalue weighted by Crippen LogP contribution is -2.36. The number of morpholine rings is 1. The van der Waals surface area contributed by atoms with E-state index in [9.17, 15) is 0 Å². The Labute approximate surface area is 97.1 Å². The highest BCUT2D eigenvalue weighted by Gasteiger charge is 2.15. The van der Waals surface area contributed by atoms with Crippen LogP contribution >= 0.6 is 11.3 Å². The van der Waals surface area contributed by atoms with Gasteiger partial charge in [-0.1, -0.05) is 11.3 Å². The molecule has 6 heteroatoms. The maximum Gasteiger partial charge on any atom is 0.186 e. The summed E-state index contributed by atoms with van der Waals surface area (Å²) in [4.78, 5) is 7.85. The summed E-state index contributed by atoms with van der Waals surface area (Å²) in [6.45, 7) is 3.44. The number of rotatable bonds is 2. The van der Waals surface area contributed by atoms with Crippen molar-refractivity contribution in [2.24, 2.45) is 0 Å². The molecule has 1 fully saturated rings. The molecule has 5 nitrogen and oxygen atoms in total. The van der Waals surface area contributed by atoms with Crippen molar-refractivity contribution in [3.05, 3.63) is 18.6 Å². The molecule has 84 valence electrons. The van der Waals surface area contributed by atoms with Crippen LogP contribution < -0.4 is 4.90 Å². The van der Waals surface area contributed by atoms with Crippen LogP contribution in [-0.2, 0) is 4.74 Å². The Kier molecular flexibility index (Phi) is 2.59. The number of nitrogens with one attached hydrogen (secondary N) is 1. The largest absolute Gasteiger partial charge is 0.378 e. The van der Waals surface area contributed by atoms with Crippen molar-refractivity contribution in [2.45, 2.75) is 0 Å². The number of H-pyrrole nitrogens is 1. The summed E-state index contributed by atoms with van der Waals surface area (Å²) in [6.07, 6.45) is 5.60. The van der Waals surface area contributed by atoms with E-state index >= 15 is 0 Å². The lowest BCUT2D eigenvalue weighted by Gasteiger charge is -2.25. The molecule has 3 heterocycles. The summed E-state index contributed by atoms with van der Waals surface area (Å²) >= 11 is 1.70. The van der Waals surface area contributed by atoms with Gasteiger partial charge in [0.25, 0.3) is 0 Å². The fourth-order valence-corrected chi connectivity index (χ4v) is 2.63. The highest BCUT2D eigenvalue weighted by atomic mass is 32.1. The van der Waals surface area contributed by atoms with Gasteiger partial charge in [0, 0.05) is 31.0 Å². The molecule has 0 aromatic carbocycles. The molecule has 1 N–H and O–H groups in total. The Balaban J connectivity index is 1.82. The Hall–Kier alpha value is -1.40. The van der Waals surface area contributed by atoms with Gasteiger partial charge in [-0.2, -0.15) is 5.10 Å². The normalized spacial score (nSPS) is 16.6. The molecule has 0 amide bonds. The molecular formula is C10H12N4OS. The van der Waals surface area contributed by atoms with Crippen molar-refractivity contribution in [1.29, 1.82) is 0 Å². The van der Waals surface area contributed by atoms with Crippen LogP contribution in [0.2, 0.25) is 0 Å². The molecule has 2 aromatic rings. The van der Waals surface area contributed by atoms with Gasteiger partial charge in [-0.25, -0.2) is 4.98 Å². The van der Waals surface area contributed by atoms with Crippen LogP contribution in [0.5, 0.6) is 0 Å². The van der Waals surface area contributed by atoms with Crippen LogP contribution in [0.15, 0.2) is 18.6 Å². The second-order valence-corrected chi connectivity index (χ2v) is 4.60. The van der Waals surface area contributed by atoms with Crippen LogP contribution in [0.3, 0.4) is 0 Å². The first kappa shape index (κ1) is 9.80. The number of ether oxygens (including phenoxy) is 1. The first-order valence-corrected chi connectivity index (χ1v) is 6.03. The maximum absolute atomic E-state index is 5.32. The van der Waals surface area contributed by atoms with E-state index in [0.29, 0.717) is 0 Å². The lowest BCUT2D eigenvalue weighted by molar-refractivity contribution is 0.122. The molecule has 0 unspecified atom stereocenters. The highest BCUT2D eigenvalue weighted by molar-refractivity contribution is 7.18. The number of aromatic amines is 1. The van der Waals surface area contributed by atoms with Crippen LogP contribution in [0.4, 0.5) is 5.13 Å². The van der Waals surface area contributed by atoms with E-state index in [1.54, 1.807) is 11.3 Å². The summed E-state index contributed by atoms with van der Waals surface area (Å²) in [6, 6.07) is 0. The Bertz CT molecular complexity index is 447. The Morgan fingerprint density at radius 1 is 1.31 bits per heavy atom. The van der Waals surface area contributed by atoms with Crippen molar-refractivity contribution in [3.8, 4) is 10.4 Å². The molecule has 1 aliphatic rings. The zero-order valence-electron chi connectivity index (χ0n) is 8.72. The van der Waals surface area contributed by atoms with Gasteiger partial charge >= 0.3 is 0 Å². The van der Waals surface area contributed by atoms with Crippen molar-refractivity contribution in [2.75, 3.05) is 31.2 Å². The molecule has 16 heavy (non-hydrogen) atoms. The third kappa shape index (κ3) is 1.81. The molecule has 2 aromatic heterocycles. The van der Waals surface area contributed by atoms with Gasteiger partial charge in [-0.3, -0.25) is 5.10 Å². The zero-order chi connectivity index (χ0) is 10.8. The lowest BCUT2D eigenvalue weighted by atomic mass is 10.3. The first-order chi connectivity index (χ1) is 7.93. The Morgan fingerprint density at radius 3 is 2.94 bits per heavy atom. The highest BCUT2D eigenvalue weighted by Crippen LogP contribution is 2.30. The van der Waals surface area contributed by atoms with Gasteiger partial charge < -0.3 is 9.64 Å². The van der Waals surface area contributed by atoms with Crippen LogP contribution in [0.25, 0.3) is 10.4 Å². The van der Waals surface area contributed by atoms with E-state index < -0.39 is 0 Å². The SMILES string of the molecule is c1n[nH]cc1-c1cnc(N2CCOCC2)s1. The summed E-state index contributed by atoms with van der Waals surface area (Å²) < 4.78 is 5.32. The summed E-state index contributed by atoms with van der Waals surface area (Å²) in [7, 11) is 0. The summed E-state index contributed by atoms with van der Waals surface area (Å²) in [5.41, 5.74) is 1.09. The second kappa shape index (κ2) is 4.23. The number of hydrogen-bond donors (Lipinski definition) is 1. The molecule has 0 atom stereocenters. The molecule has 3 rings (SSSR count). The van der Waals surface area contributed by atoms with Crippen molar-refractivity contribution in [3.63, 3.8) is 0 Å². The molecule has 1 aliphatic heterocycles. The van der Waals surface area contributed by atoms with E-state index in [2.05, 4.69) is 20.1 Å². The molecule has 0 saturated carbocycles. The molecule has 0 aliphatic carbocycles. The minimum Gasteiger partial charge on any atom is -0.378 e. The number of thiazole rings is 1. The number of hydrogen-bond acceptors (Lipinski definition) is 5. The third-order valence-electron chi connectivity index (χ3n) is 2.56. The minimum atomic E-state index is 0.792. The van der Waals surface area contributed by atoms with E-state index in [-0.39, 0.29) is 0 Å². The van der Waals surface area contributed by atoms with E-state index in [1.165, 1.54) is 0 Å². The Morgan fingerprint density at radius 2 is 2.19 bits per heavy atom. The first-order valence-electron chi connectivity index (χ1n) is 5.21. The van der Waals surface area contributed by atoms with Gasteiger partial charge in [0.15, 0.2) is 5.13 Å². The topological polar surface area (TPSA) is 54.0 Å². The van der Waals surface area contributed by atoms with Gasteiger partial charge in [-0.05, 0) is 0 Å². The maximum atomic E-state index is 5.32. The number of nitrogens with zero attached hydrogens (tertiary/aromatic N) is 3. The predicted molar refractivity (Wildman–Crippen MR) is 62.7 cm³/mol. The molecule has 0 radical (unpaired) electrons. The fraction of sp³-hybridized carbons (Fsp3) is 0.400. The number of aromatic nitrogens is 3. The third-order valence-corrected chi connectivity index (χ3v) is 3.67.